The summed E-state index contributed by atoms with van der Waals surface area (Å²) in [4.78, 5) is 35.9. The fraction of sp³-hybridized carbons (Fsp3) is 0.385. The van der Waals surface area contributed by atoms with Gasteiger partial charge in [-0.25, -0.2) is 0 Å². The first-order chi connectivity index (χ1) is 9.43. The maximum Gasteiger partial charge on any atom is 0.273 e. The molecule has 1 heterocycles. The number of piperazine rings is 1. The van der Waals surface area contributed by atoms with Gasteiger partial charge in [-0.1, -0.05) is 6.07 Å². The Morgan fingerprint density at radius 2 is 2.20 bits per heavy atom. The minimum absolute atomic E-state index is 0.0926. The third-order valence-electron chi connectivity index (χ3n) is 3.49. The molecule has 106 valence electrons. The van der Waals surface area contributed by atoms with Gasteiger partial charge in [-0.3, -0.25) is 19.7 Å². The molecule has 1 atom stereocenters. The van der Waals surface area contributed by atoms with Crippen LogP contribution in [-0.2, 0) is 4.79 Å². The lowest BCUT2D eigenvalue weighted by molar-refractivity contribution is -0.385. The van der Waals surface area contributed by atoms with Gasteiger partial charge in [0.2, 0.25) is 5.91 Å². The summed E-state index contributed by atoms with van der Waals surface area (Å²) in [5.41, 5.74) is 0.492. The van der Waals surface area contributed by atoms with Crippen molar-refractivity contribution in [3.63, 3.8) is 0 Å². The molecule has 0 saturated carbocycles. The first-order valence-corrected chi connectivity index (χ1v) is 6.26. The van der Waals surface area contributed by atoms with Crippen LogP contribution in [0.3, 0.4) is 0 Å². The lowest BCUT2D eigenvalue weighted by Gasteiger charge is -2.33. The summed E-state index contributed by atoms with van der Waals surface area (Å²) in [5.74, 6) is -0.568. The molecule has 0 radical (unpaired) electrons. The van der Waals surface area contributed by atoms with E-state index in [1.165, 1.54) is 17.0 Å². The number of amides is 2. The van der Waals surface area contributed by atoms with E-state index in [4.69, 9.17) is 0 Å². The molecule has 0 aliphatic carbocycles. The molecule has 1 aromatic carbocycles. The quantitative estimate of drug-likeness (QED) is 0.641. The zero-order valence-electron chi connectivity index (χ0n) is 11.3. The summed E-state index contributed by atoms with van der Waals surface area (Å²) in [6.07, 6.45) is 0. The van der Waals surface area contributed by atoms with Crippen LogP contribution in [0.25, 0.3) is 0 Å². The van der Waals surface area contributed by atoms with Crippen LogP contribution in [0.2, 0.25) is 0 Å². The van der Waals surface area contributed by atoms with E-state index in [-0.39, 0.29) is 23.1 Å². The van der Waals surface area contributed by atoms with E-state index < -0.39 is 11.0 Å². The predicted octanol–water partition coefficient (Wildman–Crippen LogP) is 0.864. The number of nitrogens with one attached hydrogen (secondary N) is 1. The first-order valence-electron chi connectivity index (χ1n) is 6.26. The van der Waals surface area contributed by atoms with Gasteiger partial charge in [-0.15, -0.1) is 0 Å². The monoisotopic (exact) mass is 277 g/mol. The third kappa shape index (κ3) is 2.34. The van der Waals surface area contributed by atoms with Crippen LogP contribution in [-0.4, -0.2) is 40.8 Å². The predicted molar refractivity (Wildman–Crippen MR) is 71.3 cm³/mol. The SMILES string of the molecule is Cc1c(C(=O)N2CCNC(=O)C2C)cccc1[N+](=O)[O-]. The van der Waals surface area contributed by atoms with E-state index in [2.05, 4.69) is 5.32 Å². The number of nitro benzene ring substituents is 1. The van der Waals surface area contributed by atoms with Crippen molar-refractivity contribution in [1.29, 1.82) is 0 Å². The molecule has 1 unspecified atom stereocenters. The minimum atomic E-state index is -0.574. The number of carbonyl (C=O) groups excluding carboxylic acids is 2. The fourth-order valence-corrected chi connectivity index (χ4v) is 2.27. The van der Waals surface area contributed by atoms with Crippen LogP contribution >= 0.6 is 0 Å². The highest BCUT2D eigenvalue weighted by molar-refractivity contribution is 5.99. The Hall–Kier alpha value is -2.44. The van der Waals surface area contributed by atoms with E-state index >= 15 is 0 Å². The van der Waals surface area contributed by atoms with Gasteiger partial charge < -0.3 is 10.2 Å². The van der Waals surface area contributed by atoms with Crippen molar-refractivity contribution < 1.29 is 14.5 Å². The number of carbonyl (C=O) groups is 2. The molecule has 1 aliphatic rings. The summed E-state index contributed by atoms with van der Waals surface area (Å²) in [7, 11) is 0. The zero-order valence-corrected chi connectivity index (χ0v) is 11.3. The molecule has 1 N–H and O–H groups in total. The Bertz CT molecular complexity index is 585. The van der Waals surface area contributed by atoms with E-state index in [1.54, 1.807) is 19.9 Å². The van der Waals surface area contributed by atoms with Crippen molar-refractivity contribution in [2.24, 2.45) is 0 Å². The van der Waals surface area contributed by atoms with Crippen LogP contribution in [0, 0.1) is 17.0 Å². The van der Waals surface area contributed by atoms with Crippen molar-refractivity contribution in [2.45, 2.75) is 19.9 Å². The van der Waals surface area contributed by atoms with Gasteiger partial charge in [-0.2, -0.15) is 0 Å². The van der Waals surface area contributed by atoms with Gasteiger partial charge in [0.25, 0.3) is 11.6 Å². The number of hydrogen-bond donors (Lipinski definition) is 1. The molecular weight excluding hydrogens is 262 g/mol. The molecule has 0 bridgehead atoms. The second-order valence-corrected chi connectivity index (χ2v) is 4.67. The van der Waals surface area contributed by atoms with Crippen molar-refractivity contribution >= 4 is 17.5 Å². The number of hydrogen-bond acceptors (Lipinski definition) is 4. The molecule has 1 fully saturated rings. The van der Waals surface area contributed by atoms with Crippen LogP contribution in [0.15, 0.2) is 18.2 Å². The summed E-state index contributed by atoms with van der Waals surface area (Å²) in [5, 5.41) is 13.6. The molecular formula is C13H15N3O4. The molecule has 7 nitrogen and oxygen atoms in total. The van der Waals surface area contributed by atoms with Gasteiger partial charge in [0.15, 0.2) is 0 Å². The highest BCUT2D eigenvalue weighted by Crippen LogP contribution is 2.23. The van der Waals surface area contributed by atoms with Crippen molar-refractivity contribution in [1.82, 2.24) is 10.2 Å². The fourth-order valence-electron chi connectivity index (χ4n) is 2.27. The maximum atomic E-state index is 12.5. The van der Waals surface area contributed by atoms with Gasteiger partial charge >= 0.3 is 0 Å². The molecule has 20 heavy (non-hydrogen) atoms. The van der Waals surface area contributed by atoms with E-state index in [9.17, 15) is 19.7 Å². The summed E-state index contributed by atoms with van der Waals surface area (Å²) in [6.45, 7) is 3.97. The number of nitrogens with zero attached hydrogens (tertiary/aromatic N) is 2. The number of benzene rings is 1. The minimum Gasteiger partial charge on any atom is -0.353 e. The second kappa shape index (κ2) is 5.28. The zero-order chi connectivity index (χ0) is 14.9. The average Bonchev–Trinajstić information content (AvgIpc) is 2.41. The third-order valence-corrected chi connectivity index (χ3v) is 3.49. The van der Waals surface area contributed by atoms with E-state index in [0.717, 1.165) is 0 Å². The highest BCUT2D eigenvalue weighted by atomic mass is 16.6. The smallest absolute Gasteiger partial charge is 0.273 e. The van der Waals surface area contributed by atoms with Crippen molar-refractivity contribution in [3.8, 4) is 0 Å². The highest BCUT2D eigenvalue weighted by Gasteiger charge is 2.31. The lowest BCUT2D eigenvalue weighted by atomic mass is 10.0. The standard InChI is InChI=1S/C13H15N3O4/c1-8-10(4-3-5-11(8)16(19)20)13(18)15-7-6-14-12(17)9(15)2/h3-5,9H,6-7H2,1-2H3,(H,14,17). The Balaban J connectivity index is 2.36. The van der Waals surface area contributed by atoms with Gasteiger partial charge in [0.1, 0.15) is 6.04 Å². The number of rotatable bonds is 2. The number of nitro groups is 1. The molecule has 2 amide bonds. The molecule has 0 aromatic heterocycles. The topological polar surface area (TPSA) is 92.6 Å². The van der Waals surface area contributed by atoms with Crippen LogP contribution in [0.1, 0.15) is 22.8 Å². The Morgan fingerprint density at radius 1 is 1.50 bits per heavy atom. The molecule has 1 aromatic rings. The molecule has 1 aliphatic heterocycles. The lowest BCUT2D eigenvalue weighted by Crippen LogP contribution is -2.55. The van der Waals surface area contributed by atoms with E-state index in [1.807, 2.05) is 0 Å². The van der Waals surface area contributed by atoms with Gasteiger partial charge in [0, 0.05) is 30.3 Å². The van der Waals surface area contributed by atoms with Gasteiger partial charge in [-0.05, 0) is 19.9 Å². The average molecular weight is 277 g/mol. The Kier molecular flexibility index (Phi) is 3.69. The first kappa shape index (κ1) is 14.0. The summed E-state index contributed by atoms with van der Waals surface area (Å²) in [6, 6.07) is 3.81. The molecule has 1 saturated heterocycles. The van der Waals surface area contributed by atoms with Crippen LogP contribution in [0.4, 0.5) is 5.69 Å². The van der Waals surface area contributed by atoms with Crippen LogP contribution in [0.5, 0.6) is 0 Å². The van der Waals surface area contributed by atoms with Gasteiger partial charge in [0.05, 0.1) is 4.92 Å². The molecule has 7 heteroatoms. The normalized spacial score (nSPS) is 18.6. The summed E-state index contributed by atoms with van der Waals surface area (Å²) >= 11 is 0. The van der Waals surface area contributed by atoms with Crippen molar-refractivity contribution in [3.05, 3.63) is 39.4 Å². The van der Waals surface area contributed by atoms with Crippen molar-refractivity contribution in [2.75, 3.05) is 13.1 Å². The molecule has 0 spiro atoms. The van der Waals surface area contributed by atoms with Crippen LogP contribution < -0.4 is 5.32 Å². The largest absolute Gasteiger partial charge is 0.353 e. The maximum absolute atomic E-state index is 12.5. The Labute approximate surface area is 115 Å². The van der Waals surface area contributed by atoms with E-state index in [0.29, 0.717) is 18.7 Å². The Morgan fingerprint density at radius 3 is 2.85 bits per heavy atom. The molecule has 2 rings (SSSR count). The second-order valence-electron chi connectivity index (χ2n) is 4.67. The summed E-state index contributed by atoms with van der Waals surface area (Å²) < 4.78 is 0.